The smallest absolute Gasteiger partial charge is 0.329 e. The topological polar surface area (TPSA) is 92.4 Å². The number of carbonyl (C=O) groups excluding carboxylic acids is 1. The lowest BCUT2D eigenvalue weighted by atomic mass is 9.98. The first-order chi connectivity index (χ1) is 8.31. The Kier molecular flexibility index (Phi) is 4.19. The molecule has 5 nitrogen and oxygen atoms in total. The number of amides is 1. The van der Waals surface area contributed by atoms with Crippen molar-refractivity contribution < 1.29 is 14.7 Å². The highest BCUT2D eigenvalue weighted by molar-refractivity contribution is 6.34. The highest BCUT2D eigenvalue weighted by atomic mass is 35.5. The van der Waals surface area contributed by atoms with Crippen LogP contribution < -0.4 is 11.1 Å². The minimum absolute atomic E-state index is 0.0973. The number of carboxylic acids is 1. The van der Waals surface area contributed by atoms with Crippen LogP contribution in [0.4, 0.5) is 5.69 Å². The number of halogens is 1. The molecule has 0 spiro atoms. The van der Waals surface area contributed by atoms with Gasteiger partial charge in [-0.05, 0) is 25.5 Å². The van der Waals surface area contributed by atoms with Gasteiger partial charge in [0.2, 0.25) is 0 Å². The van der Waals surface area contributed by atoms with Crippen molar-refractivity contribution in [1.29, 1.82) is 0 Å². The summed E-state index contributed by atoms with van der Waals surface area (Å²) in [6.07, 6.45) is 0.340. The van der Waals surface area contributed by atoms with Gasteiger partial charge in [-0.1, -0.05) is 24.6 Å². The van der Waals surface area contributed by atoms with Gasteiger partial charge >= 0.3 is 5.97 Å². The Bertz CT molecular complexity index is 490. The van der Waals surface area contributed by atoms with Gasteiger partial charge in [0.25, 0.3) is 5.91 Å². The number of primary amides is 1. The van der Waals surface area contributed by atoms with Gasteiger partial charge in [0.1, 0.15) is 5.54 Å². The van der Waals surface area contributed by atoms with Gasteiger partial charge in [0.15, 0.2) is 0 Å². The van der Waals surface area contributed by atoms with Crippen LogP contribution in [0.15, 0.2) is 18.2 Å². The lowest BCUT2D eigenvalue weighted by molar-refractivity contribution is -0.141. The molecule has 1 atom stereocenters. The summed E-state index contributed by atoms with van der Waals surface area (Å²) in [5.74, 6) is -1.72. The number of carboxylic acid groups (broad SMARTS) is 1. The van der Waals surface area contributed by atoms with E-state index in [-0.39, 0.29) is 10.6 Å². The van der Waals surface area contributed by atoms with E-state index in [0.29, 0.717) is 12.1 Å². The van der Waals surface area contributed by atoms with E-state index in [0.717, 1.165) is 0 Å². The summed E-state index contributed by atoms with van der Waals surface area (Å²) in [6, 6.07) is 4.72. The lowest BCUT2D eigenvalue weighted by Gasteiger charge is -2.27. The summed E-state index contributed by atoms with van der Waals surface area (Å²) in [5.41, 5.74) is 4.47. The van der Waals surface area contributed by atoms with Gasteiger partial charge in [0, 0.05) is 5.69 Å². The van der Waals surface area contributed by atoms with Crippen LogP contribution in [0.1, 0.15) is 30.6 Å². The Balaban J connectivity index is 3.23. The van der Waals surface area contributed by atoms with Gasteiger partial charge in [0.05, 0.1) is 10.6 Å². The fraction of sp³-hybridized carbons (Fsp3) is 0.333. The molecule has 1 unspecified atom stereocenters. The molecule has 1 aromatic carbocycles. The molecule has 0 heterocycles. The summed E-state index contributed by atoms with van der Waals surface area (Å²) in [4.78, 5) is 22.5. The van der Waals surface area contributed by atoms with Crippen molar-refractivity contribution in [1.82, 2.24) is 0 Å². The van der Waals surface area contributed by atoms with Crippen molar-refractivity contribution >= 4 is 29.2 Å². The Labute approximate surface area is 110 Å². The summed E-state index contributed by atoms with van der Waals surface area (Å²) < 4.78 is 0. The van der Waals surface area contributed by atoms with Crippen LogP contribution in [0.25, 0.3) is 0 Å². The van der Waals surface area contributed by atoms with Crippen LogP contribution >= 0.6 is 11.6 Å². The molecule has 4 N–H and O–H groups in total. The van der Waals surface area contributed by atoms with E-state index >= 15 is 0 Å². The van der Waals surface area contributed by atoms with E-state index in [1.807, 2.05) is 0 Å². The third-order valence-corrected chi connectivity index (χ3v) is 3.16. The monoisotopic (exact) mass is 270 g/mol. The number of anilines is 1. The van der Waals surface area contributed by atoms with Crippen LogP contribution in [0.2, 0.25) is 5.02 Å². The average molecular weight is 271 g/mol. The SMILES string of the molecule is CCC(C)(Nc1cccc(Cl)c1C(N)=O)C(=O)O. The van der Waals surface area contributed by atoms with Crippen molar-refractivity contribution in [2.75, 3.05) is 5.32 Å². The van der Waals surface area contributed by atoms with Gasteiger partial charge in [-0.2, -0.15) is 0 Å². The van der Waals surface area contributed by atoms with Crippen LogP contribution in [0.5, 0.6) is 0 Å². The normalized spacial score (nSPS) is 13.7. The Hall–Kier alpha value is -1.75. The second-order valence-corrected chi connectivity index (χ2v) is 4.55. The number of benzene rings is 1. The van der Waals surface area contributed by atoms with Crippen molar-refractivity contribution in [2.24, 2.45) is 5.73 Å². The zero-order valence-electron chi connectivity index (χ0n) is 10.2. The molecule has 98 valence electrons. The molecule has 0 aliphatic rings. The van der Waals surface area contributed by atoms with Crippen LogP contribution in [0, 0.1) is 0 Å². The largest absolute Gasteiger partial charge is 0.480 e. The average Bonchev–Trinajstić information content (AvgIpc) is 2.28. The summed E-state index contributed by atoms with van der Waals surface area (Å²) in [5, 5.41) is 12.2. The van der Waals surface area contributed by atoms with Crippen LogP contribution in [0.3, 0.4) is 0 Å². The molecule has 1 rings (SSSR count). The Morgan fingerprint density at radius 3 is 2.56 bits per heavy atom. The maximum atomic E-state index is 11.3. The maximum absolute atomic E-state index is 11.3. The van der Waals surface area contributed by atoms with Crippen LogP contribution in [-0.2, 0) is 4.79 Å². The first kappa shape index (κ1) is 14.3. The maximum Gasteiger partial charge on any atom is 0.329 e. The quantitative estimate of drug-likeness (QED) is 0.764. The van der Waals surface area contributed by atoms with Crippen molar-refractivity contribution in [2.45, 2.75) is 25.8 Å². The third-order valence-electron chi connectivity index (χ3n) is 2.85. The second-order valence-electron chi connectivity index (χ2n) is 4.14. The molecule has 0 saturated heterocycles. The fourth-order valence-electron chi connectivity index (χ4n) is 1.47. The third kappa shape index (κ3) is 2.73. The van der Waals surface area contributed by atoms with Crippen molar-refractivity contribution in [3.05, 3.63) is 28.8 Å². The van der Waals surface area contributed by atoms with E-state index in [1.54, 1.807) is 19.1 Å². The van der Waals surface area contributed by atoms with Gasteiger partial charge in [-0.3, -0.25) is 4.79 Å². The number of carbonyl (C=O) groups is 2. The molecule has 0 bridgehead atoms. The molecule has 1 aromatic rings. The summed E-state index contributed by atoms with van der Waals surface area (Å²) >= 11 is 5.89. The zero-order valence-corrected chi connectivity index (χ0v) is 10.9. The minimum Gasteiger partial charge on any atom is -0.480 e. The highest BCUT2D eigenvalue weighted by Gasteiger charge is 2.32. The van der Waals surface area contributed by atoms with E-state index in [2.05, 4.69) is 5.32 Å². The number of rotatable bonds is 5. The number of hydrogen-bond acceptors (Lipinski definition) is 3. The molecule has 0 fully saturated rings. The molecule has 0 aliphatic carbocycles. The van der Waals surface area contributed by atoms with E-state index in [4.69, 9.17) is 17.3 Å². The first-order valence-electron chi connectivity index (χ1n) is 5.41. The van der Waals surface area contributed by atoms with Crippen LogP contribution in [-0.4, -0.2) is 22.5 Å². The standard InChI is InChI=1S/C12H15ClN2O3/c1-3-12(2,11(17)18)15-8-6-4-5-7(13)9(8)10(14)16/h4-6,15H,3H2,1-2H3,(H2,14,16)(H,17,18). The molecule has 6 heteroatoms. The van der Waals surface area contributed by atoms with E-state index < -0.39 is 17.4 Å². The first-order valence-corrected chi connectivity index (χ1v) is 5.79. The minimum atomic E-state index is -1.19. The Morgan fingerprint density at radius 1 is 1.50 bits per heavy atom. The summed E-state index contributed by atoms with van der Waals surface area (Å²) in [7, 11) is 0. The molecule has 0 saturated carbocycles. The van der Waals surface area contributed by atoms with Gasteiger partial charge < -0.3 is 16.2 Å². The number of nitrogens with one attached hydrogen (secondary N) is 1. The molecule has 0 aliphatic heterocycles. The zero-order chi connectivity index (χ0) is 13.9. The van der Waals surface area contributed by atoms with E-state index in [1.165, 1.54) is 13.0 Å². The second kappa shape index (κ2) is 5.27. The molecule has 0 aromatic heterocycles. The van der Waals surface area contributed by atoms with E-state index in [9.17, 15) is 14.7 Å². The van der Waals surface area contributed by atoms with Gasteiger partial charge in [-0.15, -0.1) is 0 Å². The molecule has 1 amide bonds. The predicted octanol–water partition coefficient (Wildman–Crippen LogP) is 2.10. The molecule has 0 radical (unpaired) electrons. The number of aliphatic carboxylic acids is 1. The van der Waals surface area contributed by atoms with Crippen molar-refractivity contribution in [3.63, 3.8) is 0 Å². The highest BCUT2D eigenvalue weighted by Crippen LogP contribution is 2.27. The predicted molar refractivity (Wildman–Crippen MR) is 69.9 cm³/mol. The number of hydrogen-bond donors (Lipinski definition) is 3. The fourth-order valence-corrected chi connectivity index (χ4v) is 1.74. The number of nitrogens with two attached hydrogens (primary N) is 1. The summed E-state index contributed by atoms with van der Waals surface area (Å²) in [6.45, 7) is 3.26. The molecular weight excluding hydrogens is 256 g/mol. The van der Waals surface area contributed by atoms with Gasteiger partial charge in [-0.25, -0.2) is 4.79 Å². The molecular formula is C12H15ClN2O3. The van der Waals surface area contributed by atoms with Crippen molar-refractivity contribution in [3.8, 4) is 0 Å². The molecule has 18 heavy (non-hydrogen) atoms. The lowest BCUT2D eigenvalue weighted by Crippen LogP contribution is -2.43. The Morgan fingerprint density at radius 2 is 2.11 bits per heavy atom.